The first-order valence-corrected chi connectivity index (χ1v) is 5.66. The molecule has 1 rings (SSSR count). The number of nitrogens with zero attached hydrogens (tertiary/aromatic N) is 2. The van der Waals surface area contributed by atoms with Gasteiger partial charge >= 0.3 is 0 Å². The van der Waals surface area contributed by atoms with Crippen molar-refractivity contribution in [1.82, 2.24) is 10.2 Å². The van der Waals surface area contributed by atoms with E-state index in [1.165, 1.54) is 17.8 Å². The van der Waals surface area contributed by atoms with Crippen LogP contribution in [0.1, 0.15) is 37.6 Å². The molecule has 2 nitrogen and oxygen atoms in total. The zero-order valence-electron chi connectivity index (χ0n) is 6.67. The van der Waals surface area contributed by atoms with Crippen molar-refractivity contribution < 1.29 is 0 Å². The molecule has 0 aliphatic carbocycles. The third kappa shape index (κ3) is 2.37. The smallest absolute Gasteiger partial charge is 0.142 e. The monoisotopic (exact) mass is 282 g/mol. The van der Waals surface area contributed by atoms with Gasteiger partial charge in [-0.05, 0) is 35.4 Å². The molecular formula is C7H11IN2S. The zero-order valence-corrected chi connectivity index (χ0v) is 9.65. The zero-order chi connectivity index (χ0) is 8.27. The third-order valence-electron chi connectivity index (χ3n) is 1.75. The van der Waals surface area contributed by atoms with E-state index in [0.717, 1.165) is 3.01 Å². The highest BCUT2D eigenvalue weighted by molar-refractivity contribution is 14.1. The molecule has 0 saturated carbocycles. The molecule has 0 fully saturated rings. The number of hydrogen-bond acceptors (Lipinski definition) is 3. The highest BCUT2D eigenvalue weighted by Gasteiger charge is 2.11. The minimum absolute atomic E-state index is 0.621. The van der Waals surface area contributed by atoms with Crippen molar-refractivity contribution in [1.29, 1.82) is 0 Å². The van der Waals surface area contributed by atoms with Gasteiger partial charge in [-0.1, -0.05) is 25.2 Å². The Kier molecular flexibility index (Phi) is 3.71. The van der Waals surface area contributed by atoms with Gasteiger partial charge in [0.25, 0.3) is 0 Å². The van der Waals surface area contributed by atoms with Gasteiger partial charge in [-0.3, -0.25) is 0 Å². The summed E-state index contributed by atoms with van der Waals surface area (Å²) < 4.78 is 1.05. The molecular weight excluding hydrogens is 271 g/mol. The predicted octanol–water partition coefficient (Wildman–Crippen LogP) is 3.05. The van der Waals surface area contributed by atoms with Crippen molar-refractivity contribution in [2.24, 2.45) is 0 Å². The normalized spacial score (nSPS) is 10.9. The fourth-order valence-electron chi connectivity index (χ4n) is 1.02. The topological polar surface area (TPSA) is 25.8 Å². The maximum Gasteiger partial charge on any atom is 0.178 e. The fraction of sp³-hybridized carbons (Fsp3) is 0.714. The summed E-state index contributed by atoms with van der Waals surface area (Å²) in [6.45, 7) is 4.39. The van der Waals surface area contributed by atoms with Crippen molar-refractivity contribution in [2.75, 3.05) is 0 Å². The molecule has 11 heavy (non-hydrogen) atoms. The van der Waals surface area contributed by atoms with Gasteiger partial charge in [-0.2, -0.15) is 0 Å². The molecule has 0 bridgehead atoms. The molecule has 0 N–H and O–H groups in total. The molecule has 1 aromatic heterocycles. The van der Waals surface area contributed by atoms with E-state index in [9.17, 15) is 0 Å². The molecule has 4 heteroatoms. The Morgan fingerprint density at radius 2 is 2.00 bits per heavy atom. The summed E-state index contributed by atoms with van der Waals surface area (Å²) in [7, 11) is 0. The van der Waals surface area contributed by atoms with Crippen molar-refractivity contribution in [3.8, 4) is 0 Å². The summed E-state index contributed by atoms with van der Waals surface area (Å²) in [5.41, 5.74) is 0. The van der Waals surface area contributed by atoms with Crippen LogP contribution in [0.15, 0.2) is 0 Å². The van der Waals surface area contributed by atoms with Crippen LogP contribution in [-0.4, -0.2) is 10.2 Å². The largest absolute Gasteiger partial charge is 0.178 e. The Balaban J connectivity index is 2.73. The van der Waals surface area contributed by atoms with Gasteiger partial charge in [0.1, 0.15) is 5.01 Å². The van der Waals surface area contributed by atoms with Crippen LogP contribution >= 0.6 is 33.9 Å². The van der Waals surface area contributed by atoms with E-state index in [4.69, 9.17) is 0 Å². The molecule has 0 spiro atoms. The molecule has 0 radical (unpaired) electrons. The SMILES string of the molecule is CCC(CC)c1nnc(I)s1. The quantitative estimate of drug-likeness (QED) is 0.796. The third-order valence-corrected chi connectivity index (χ3v) is 3.50. The van der Waals surface area contributed by atoms with Crippen molar-refractivity contribution in [3.05, 3.63) is 8.02 Å². The average molecular weight is 282 g/mol. The number of rotatable bonds is 3. The van der Waals surface area contributed by atoms with E-state index in [1.54, 1.807) is 11.3 Å². The summed E-state index contributed by atoms with van der Waals surface area (Å²) in [5, 5.41) is 9.30. The molecule has 62 valence electrons. The molecule has 0 unspecified atom stereocenters. The molecule has 0 aliphatic heterocycles. The average Bonchev–Trinajstić information content (AvgIpc) is 2.39. The van der Waals surface area contributed by atoms with E-state index in [2.05, 4.69) is 46.6 Å². The van der Waals surface area contributed by atoms with Crippen molar-refractivity contribution in [2.45, 2.75) is 32.6 Å². The fourth-order valence-corrected chi connectivity index (χ4v) is 2.64. The van der Waals surface area contributed by atoms with E-state index in [0.29, 0.717) is 5.92 Å². The van der Waals surface area contributed by atoms with Crippen LogP contribution in [0.3, 0.4) is 0 Å². The van der Waals surface area contributed by atoms with Crippen LogP contribution in [-0.2, 0) is 0 Å². The predicted molar refractivity (Wildman–Crippen MR) is 55.9 cm³/mol. The first-order valence-electron chi connectivity index (χ1n) is 3.76. The lowest BCUT2D eigenvalue weighted by Gasteiger charge is -2.05. The molecule has 1 aromatic rings. The summed E-state index contributed by atoms with van der Waals surface area (Å²) in [6, 6.07) is 0. The molecule has 0 amide bonds. The van der Waals surface area contributed by atoms with Gasteiger partial charge in [0.05, 0.1) is 0 Å². The van der Waals surface area contributed by atoms with Crippen LogP contribution in [0.4, 0.5) is 0 Å². The molecule has 0 aliphatic rings. The number of hydrogen-bond donors (Lipinski definition) is 0. The van der Waals surface area contributed by atoms with Crippen LogP contribution in [0, 0.1) is 3.01 Å². The van der Waals surface area contributed by atoms with E-state index in [1.807, 2.05) is 0 Å². The summed E-state index contributed by atoms with van der Waals surface area (Å²) in [4.78, 5) is 0. The maximum atomic E-state index is 4.12. The molecule has 0 atom stereocenters. The Hall–Kier alpha value is 0.290. The van der Waals surface area contributed by atoms with Crippen LogP contribution in [0.2, 0.25) is 0 Å². The van der Waals surface area contributed by atoms with Gasteiger partial charge in [0, 0.05) is 5.92 Å². The highest BCUT2D eigenvalue weighted by Crippen LogP contribution is 2.26. The lowest BCUT2D eigenvalue weighted by Crippen LogP contribution is -1.93. The molecule has 0 saturated heterocycles. The van der Waals surface area contributed by atoms with Gasteiger partial charge < -0.3 is 0 Å². The van der Waals surface area contributed by atoms with Crippen LogP contribution < -0.4 is 0 Å². The first kappa shape index (κ1) is 9.38. The number of aromatic nitrogens is 2. The lowest BCUT2D eigenvalue weighted by molar-refractivity contribution is 0.630. The van der Waals surface area contributed by atoms with Gasteiger partial charge in [-0.15, -0.1) is 10.2 Å². The Morgan fingerprint density at radius 3 is 2.36 bits per heavy atom. The lowest BCUT2D eigenvalue weighted by atomic mass is 10.1. The second-order valence-electron chi connectivity index (χ2n) is 2.41. The van der Waals surface area contributed by atoms with Gasteiger partial charge in [-0.25, -0.2) is 0 Å². The second-order valence-corrected chi connectivity index (χ2v) is 5.17. The molecule has 0 aromatic carbocycles. The minimum atomic E-state index is 0.621. The van der Waals surface area contributed by atoms with Crippen molar-refractivity contribution in [3.63, 3.8) is 0 Å². The Morgan fingerprint density at radius 1 is 1.36 bits per heavy atom. The summed E-state index contributed by atoms with van der Waals surface area (Å²) in [5.74, 6) is 0.621. The van der Waals surface area contributed by atoms with E-state index >= 15 is 0 Å². The van der Waals surface area contributed by atoms with E-state index < -0.39 is 0 Å². The highest BCUT2D eigenvalue weighted by atomic mass is 127. The van der Waals surface area contributed by atoms with Crippen LogP contribution in [0.25, 0.3) is 0 Å². The van der Waals surface area contributed by atoms with E-state index in [-0.39, 0.29) is 0 Å². The van der Waals surface area contributed by atoms with Crippen molar-refractivity contribution >= 4 is 33.9 Å². The summed E-state index contributed by atoms with van der Waals surface area (Å²) in [6.07, 6.45) is 2.34. The number of halogens is 1. The maximum absolute atomic E-state index is 4.12. The van der Waals surface area contributed by atoms with Gasteiger partial charge in [0.2, 0.25) is 0 Å². The Bertz CT molecular complexity index is 220. The Labute approximate surface area is 84.6 Å². The van der Waals surface area contributed by atoms with Crippen LogP contribution in [0.5, 0.6) is 0 Å². The standard InChI is InChI=1S/C7H11IN2S/c1-3-5(4-2)6-9-10-7(8)11-6/h5H,3-4H2,1-2H3. The second kappa shape index (κ2) is 4.35. The summed E-state index contributed by atoms with van der Waals surface area (Å²) >= 11 is 3.92. The first-order chi connectivity index (χ1) is 5.27. The molecule has 1 heterocycles. The van der Waals surface area contributed by atoms with Gasteiger partial charge in [0.15, 0.2) is 3.01 Å². The minimum Gasteiger partial charge on any atom is -0.142 e.